The van der Waals surface area contributed by atoms with Crippen LogP contribution < -0.4 is 10.1 Å². The molecule has 0 spiro atoms. The number of carbonyl (C=O) groups excluding carboxylic acids is 3. The number of aromatic nitrogens is 1. The molecular weight excluding hydrogens is 486 g/mol. The van der Waals surface area contributed by atoms with Crippen LogP contribution in [0.3, 0.4) is 0 Å². The molecule has 0 fully saturated rings. The molecule has 0 aliphatic rings. The summed E-state index contributed by atoms with van der Waals surface area (Å²) < 4.78 is 35.2. The first-order chi connectivity index (χ1) is 17.3. The predicted molar refractivity (Wildman–Crippen MR) is 133 cm³/mol. The molecule has 4 rings (SSSR count). The average molecular weight is 509 g/mol. The zero-order valence-electron chi connectivity index (χ0n) is 19.3. The fraction of sp³-hybridized carbons (Fsp3) is 0.185. The minimum Gasteiger partial charge on any atom is -0.456 e. The Morgan fingerprint density at radius 2 is 1.83 bits per heavy atom. The second-order valence-corrected chi connectivity index (χ2v) is 9.24. The fourth-order valence-corrected chi connectivity index (χ4v) is 4.61. The second kappa shape index (κ2) is 11.2. The smallest absolute Gasteiger partial charge is 0.261 e. The first-order valence-corrected chi connectivity index (χ1v) is 12.0. The Morgan fingerprint density at radius 1 is 1.03 bits per heavy atom. The molecule has 0 bridgehead atoms. The van der Waals surface area contributed by atoms with Gasteiger partial charge in [0.05, 0.1) is 15.1 Å². The number of nitrogens with one attached hydrogen (secondary N) is 1. The zero-order chi connectivity index (χ0) is 25.7. The van der Waals surface area contributed by atoms with Gasteiger partial charge < -0.3 is 14.8 Å². The number of ketones is 1. The summed E-state index contributed by atoms with van der Waals surface area (Å²) in [4.78, 5) is 39.8. The number of nitrogens with zero attached hydrogens (tertiary/aromatic N) is 1. The van der Waals surface area contributed by atoms with Crippen LogP contribution in [-0.4, -0.2) is 29.5 Å². The normalized spacial score (nSPS) is 10.9. The van der Waals surface area contributed by atoms with Gasteiger partial charge in [0, 0.05) is 44.1 Å². The lowest BCUT2D eigenvalue weighted by Gasteiger charge is -2.09. The summed E-state index contributed by atoms with van der Waals surface area (Å²) in [6.07, 6.45) is 2.17. The Kier molecular flexibility index (Phi) is 7.80. The molecule has 0 aliphatic carbocycles. The molecule has 0 atom stereocenters. The second-order valence-electron chi connectivity index (χ2n) is 8.19. The molecule has 2 aromatic heterocycles. The highest BCUT2D eigenvalue weighted by Crippen LogP contribution is 2.35. The number of aldehydes is 1. The van der Waals surface area contributed by atoms with Gasteiger partial charge in [0.15, 0.2) is 0 Å². The Labute approximate surface area is 209 Å². The van der Waals surface area contributed by atoms with Crippen LogP contribution >= 0.6 is 11.3 Å². The highest BCUT2D eigenvalue weighted by atomic mass is 32.1. The molecule has 36 heavy (non-hydrogen) atoms. The summed E-state index contributed by atoms with van der Waals surface area (Å²) in [6, 6.07) is 12.0. The van der Waals surface area contributed by atoms with Gasteiger partial charge in [-0.1, -0.05) is 23.8 Å². The lowest BCUT2D eigenvalue weighted by Crippen LogP contribution is -2.23. The molecule has 0 radical (unpaired) electrons. The van der Waals surface area contributed by atoms with Crippen molar-refractivity contribution in [1.29, 1.82) is 0 Å². The van der Waals surface area contributed by atoms with Gasteiger partial charge in [0.1, 0.15) is 35.2 Å². The Hall–Kier alpha value is -3.98. The molecule has 0 aliphatic heterocycles. The fourth-order valence-electron chi connectivity index (χ4n) is 3.63. The van der Waals surface area contributed by atoms with Crippen LogP contribution in [0.15, 0.2) is 54.7 Å². The van der Waals surface area contributed by atoms with Gasteiger partial charge in [-0.05, 0) is 36.2 Å². The first kappa shape index (κ1) is 25.1. The molecular formula is C27H22F2N2O4S. The standard InChI is InChI=1S/C27H22F2N2O4S/c1-16-3-6-21(28)18(11-16)13-19(33)12-17-4-5-20(14-22(17)29)35-24-7-9-30-23-15-25(36-26(23)24)27(34)31-8-2-10-32/h3-7,9-11,14-15H,2,8,12-13H2,1H3,(H,31,34). The third-order valence-corrected chi connectivity index (χ3v) is 6.51. The predicted octanol–water partition coefficient (Wildman–Crippen LogP) is 5.35. The average Bonchev–Trinajstić information content (AvgIpc) is 3.29. The van der Waals surface area contributed by atoms with Crippen LogP contribution in [0.4, 0.5) is 8.78 Å². The number of benzene rings is 2. The molecule has 184 valence electrons. The van der Waals surface area contributed by atoms with Gasteiger partial charge in [-0.25, -0.2) is 8.78 Å². The molecule has 4 aromatic rings. The van der Waals surface area contributed by atoms with Gasteiger partial charge in [-0.2, -0.15) is 0 Å². The van der Waals surface area contributed by atoms with Crippen LogP contribution in [0.2, 0.25) is 0 Å². The molecule has 2 aromatic carbocycles. The van der Waals surface area contributed by atoms with E-state index in [0.29, 0.717) is 20.8 Å². The van der Waals surface area contributed by atoms with E-state index in [1.165, 1.54) is 35.7 Å². The van der Waals surface area contributed by atoms with E-state index in [2.05, 4.69) is 10.3 Å². The minimum atomic E-state index is -0.614. The van der Waals surface area contributed by atoms with Crippen LogP contribution in [0.5, 0.6) is 11.5 Å². The van der Waals surface area contributed by atoms with Gasteiger partial charge in [0.25, 0.3) is 5.91 Å². The number of aryl methyl sites for hydroxylation is 1. The monoisotopic (exact) mass is 508 g/mol. The number of rotatable bonds is 10. The van der Waals surface area contributed by atoms with Crippen molar-refractivity contribution in [2.45, 2.75) is 26.2 Å². The van der Waals surface area contributed by atoms with Gasteiger partial charge >= 0.3 is 0 Å². The Bertz CT molecular complexity index is 1450. The maximum absolute atomic E-state index is 14.8. The molecule has 6 nitrogen and oxygen atoms in total. The van der Waals surface area contributed by atoms with Crippen molar-refractivity contribution in [3.8, 4) is 11.5 Å². The lowest BCUT2D eigenvalue weighted by molar-refractivity contribution is -0.117. The molecule has 9 heteroatoms. The van der Waals surface area contributed by atoms with E-state index >= 15 is 0 Å². The van der Waals surface area contributed by atoms with Gasteiger partial charge in [0.2, 0.25) is 0 Å². The zero-order valence-corrected chi connectivity index (χ0v) is 20.2. The maximum Gasteiger partial charge on any atom is 0.261 e. The van der Waals surface area contributed by atoms with Crippen LogP contribution in [-0.2, 0) is 22.4 Å². The summed E-state index contributed by atoms with van der Waals surface area (Å²) >= 11 is 1.17. The largest absolute Gasteiger partial charge is 0.456 e. The van der Waals surface area contributed by atoms with E-state index < -0.39 is 11.6 Å². The van der Waals surface area contributed by atoms with E-state index in [1.807, 2.05) is 6.92 Å². The highest BCUT2D eigenvalue weighted by molar-refractivity contribution is 7.21. The summed E-state index contributed by atoms with van der Waals surface area (Å²) in [6.45, 7) is 2.05. The van der Waals surface area contributed by atoms with E-state index in [-0.39, 0.29) is 54.4 Å². The number of ether oxygens (including phenoxy) is 1. The van der Waals surface area contributed by atoms with E-state index in [0.717, 1.165) is 11.8 Å². The van der Waals surface area contributed by atoms with Gasteiger partial charge in [-0.15, -0.1) is 11.3 Å². The van der Waals surface area contributed by atoms with E-state index in [9.17, 15) is 23.2 Å². The van der Waals surface area contributed by atoms with Gasteiger partial charge in [-0.3, -0.25) is 14.6 Å². The van der Waals surface area contributed by atoms with Crippen molar-refractivity contribution in [1.82, 2.24) is 10.3 Å². The van der Waals surface area contributed by atoms with E-state index in [1.54, 1.807) is 30.3 Å². The van der Waals surface area contributed by atoms with E-state index in [4.69, 9.17) is 4.74 Å². The summed E-state index contributed by atoms with van der Waals surface area (Å²) in [5, 5.41) is 2.65. The summed E-state index contributed by atoms with van der Waals surface area (Å²) in [5.41, 5.74) is 1.86. The molecule has 0 saturated heterocycles. The topological polar surface area (TPSA) is 85.4 Å². The Morgan fingerprint density at radius 3 is 2.61 bits per heavy atom. The molecule has 0 unspecified atom stereocenters. The third-order valence-electron chi connectivity index (χ3n) is 5.38. The number of pyridine rings is 1. The molecule has 1 amide bonds. The number of Topliss-reactive ketones (excluding diaryl/α,β-unsaturated/α-hetero) is 1. The number of carbonyl (C=O) groups is 3. The number of hydrogen-bond donors (Lipinski definition) is 1. The highest BCUT2D eigenvalue weighted by Gasteiger charge is 2.16. The van der Waals surface area contributed by atoms with Crippen LogP contribution in [0.1, 0.15) is 32.8 Å². The van der Waals surface area contributed by atoms with Crippen LogP contribution in [0, 0.1) is 18.6 Å². The van der Waals surface area contributed by atoms with Crippen molar-refractivity contribution < 1.29 is 27.9 Å². The van der Waals surface area contributed by atoms with Crippen molar-refractivity contribution in [2.75, 3.05) is 6.54 Å². The van der Waals surface area contributed by atoms with Crippen molar-refractivity contribution in [3.63, 3.8) is 0 Å². The van der Waals surface area contributed by atoms with Crippen molar-refractivity contribution in [3.05, 3.63) is 87.9 Å². The number of thiophene rings is 1. The number of halogens is 2. The Balaban J connectivity index is 1.46. The molecule has 0 saturated carbocycles. The number of fused-ring (bicyclic) bond motifs is 1. The van der Waals surface area contributed by atoms with Crippen molar-refractivity contribution >= 4 is 39.5 Å². The first-order valence-electron chi connectivity index (χ1n) is 11.2. The van der Waals surface area contributed by atoms with Crippen molar-refractivity contribution in [2.24, 2.45) is 0 Å². The molecule has 1 N–H and O–H groups in total. The maximum atomic E-state index is 14.8. The summed E-state index contributed by atoms with van der Waals surface area (Å²) in [7, 11) is 0. The quantitative estimate of drug-likeness (QED) is 0.231. The SMILES string of the molecule is Cc1ccc(F)c(CC(=O)Cc2ccc(Oc3ccnc4cc(C(=O)NCCC=O)sc34)cc2F)c1. The number of amides is 1. The van der Waals surface area contributed by atoms with Crippen LogP contribution in [0.25, 0.3) is 10.2 Å². The third kappa shape index (κ3) is 5.98. The molecule has 2 heterocycles. The minimum absolute atomic E-state index is 0.121. The lowest BCUT2D eigenvalue weighted by atomic mass is 10.0. The summed E-state index contributed by atoms with van der Waals surface area (Å²) in [5.74, 6) is -1.09. The number of hydrogen-bond acceptors (Lipinski definition) is 6.